The molecule has 7 heteroatoms. The van der Waals surface area contributed by atoms with Crippen LogP contribution in [0.15, 0.2) is 10.1 Å². The molecule has 31 heavy (non-hydrogen) atoms. The van der Waals surface area contributed by atoms with E-state index in [1.54, 1.807) is 0 Å². The second-order valence-electron chi connectivity index (χ2n) is 11.4. The van der Waals surface area contributed by atoms with Gasteiger partial charge in [0.2, 0.25) is 11.9 Å². The van der Waals surface area contributed by atoms with E-state index in [9.17, 15) is 15.0 Å². The average molecular weight is 431 g/mol. The van der Waals surface area contributed by atoms with Gasteiger partial charge in [-0.15, -0.1) is 0 Å². The minimum absolute atomic E-state index is 0.0728. The minimum Gasteiger partial charge on any atom is -0.393 e. The molecule has 4 aliphatic carbocycles. The van der Waals surface area contributed by atoms with Crippen molar-refractivity contribution in [2.75, 3.05) is 6.54 Å². The Bertz CT molecular complexity index is 800. The summed E-state index contributed by atoms with van der Waals surface area (Å²) in [6, 6.07) is 0. The van der Waals surface area contributed by atoms with Crippen molar-refractivity contribution < 1.29 is 15.0 Å². The van der Waals surface area contributed by atoms with Crippen LogP contribution in [-0.2, 0) is 4.79 Å². The lowest BCUT2D eigenvalue weighted by Gasteiger charge is -2.63. The number of fused-ring (bicyclic) bond motifs is 5. The molecule has 0 unspecified atom stereocenters. The Morgan fingerprint density at radius 3 is 2.77 bits per heavy atom. The minimum atomic E-state index is -0.588. The molecule has 7 nitrogen and oxygen atoms in total. The number of nitrogens with one attached hydrogen (secondary N) is 2. The van der Waals surface area contributed by atoms with E-state index in [0.717, 1.165) is 57.8 Å². The zero-order valence-electron chi connectivity index (χ0n) is 18.9. The molecule has 0 radical (unpaired) electrons. The lowest BCUT2D eigenvalue weighted by atomic mass is 9.43. The van der Waals surface area contributed by atoms with Gasteiger partial charge in [0.05, 0.1) is 11.7 Å². The third kappa shape index (κ3) is 3.26. The summed E-state index contributed by atoms with van der Waals surface area (Å²) in [5, 5.41) is 29.3. The van der Waals surface area contributed by atoms with E-state index >= 15 is 0 Å². The van der Waals surface area contributed by atoms with E-state index in [1.165, 1.54) is 6.42 Å². The number of hydrazone groups is 1. The second kappa shape index (κ2) is 7.55. The van der Waals surface area contributed by atoms with Gasteiger partial charge in [-0.25, -0.2) is 10.4 Å². The van der Waals surface area contributed by atoms with E-state index in [1.807, 2.05) is 6.21 Å². The van der Waals surface area contributed by atoms with Crippen LogP contribution in [0.5, 0.6) is 0 Å². The predicted octanol–water partition coefficient (Wildman–Crippen LogP) is 2.57. The van der Waals surface area contributed by atoms with E-state index in [0.29, 0.717) is 29.6 Å². The van der Waals surface area contributed by atoms with Crippen molar-refractivity contribution in [1.29, 1.82) is 0 Å². The molecule has 0 aromatic rings. The Hall–Kier alpha value is -1.47. The highest BCUT2D eigenvalue weighted by molar-refractivity contribution is 6.02. The molecule has 4 saturated carbocycles. The summed E-state index contributed by atoms with van der Waals surface area (Å²) in [5.74, 6) is 2.29. The molecule has 1 heterocycles. The third-order valence-electron chi connectivity index (χ3n) is 10.3. The Labute approximate surface area is 185 Å². The molecule has 1 aliphatic heterocycles. The van der Waals surface area contributed by atoms with Crippen LogP contribution >= 0.6 is 0 Å². The van der Waals surface area contributed by atoms with E-state index in [-0.39, 0.29) is 29.4 Å². The van der Waals surface area contributed by atoms with Crippen molar-refractivity contribution in [3.63, 3.8) is 0 Å². The monoisotopic (exact) mass is 430 g/mol. The summed E-state index contributed by atoms with van der Waals surface area (Å²) >= 11 is 0. The topological polar surface area (TPSA) is 106 Å². The molecule has 1 amide bonds. The van der Waals surface area contributed by atoms with E-state index < -0.39 is 5.60 Å². The van der Waals surface area contributed by atoms with Gasteiger partial charge in [-0.3, -0.25) is 10.1 Å². The van der Waals surface area contributed by atoms with Crippen LogP contribution in [0.3, 0.4) is 0 Å². The zero-order chi connectivity index (χ0) is 21.9. The fraction of sp³-hybridized carbons (Fsp3) is 0.875. The summed E-state index contributed by atoms with van der Waals surface area (Å²) < 4.78 is 0. The number of amides is 1. The first-order valence-corrected chi connectivity index (χ1v) is 12.3. The molecule has 172 valence electrons. The van der Waals surface area contributed by atoms with Crippen molar-refractivity contribution >= 4 is 18.1 Å². The lowest BCUT2D eigenvalue weighted by Crippen LogP contribution is -2.62. The maximum absolute atomic E-state index is 12.2. The van der Waals surface area contributed by atoms with Crippen LogP contribution in [0.4, 0.5) is 0 Å². The van der Waals surface area contributed by atoms with E-state index in [4.69, 9.17) is 0 Å². The smallest absolute Gasteiger partial charge is 0.248 e. The highest BCUT2D eigenvalue weighted by atomic mass is 16.3. The van der Waals surface area contributed by atoms with Crippen molar-refractivity contribution in [3.8, 4) is 0 Å². The summed E-state index contributed by atoms with van der Waals surface area (Å²) in [5.41, 5.74) is 2.43. The SMILES string of the molecule is C[C@]12CC[C@H](O)C[C@H]1CC[C@@H]1[C@@H]2CC[C@]2(C)[C@@H](C/C=N/NC3=NCC(=O)N3)CC[C@]12O. The van der Waals surface area contributed by atoms with Gasteiger partial charge in [0.1, 0.15) is 6.54 Å². The molecule has 0 spiro atoms. The predicted molar refractivity (Wildman–Crippen MR) is 119 cm³/mol. The highest BCUT2D eigenvalue weighted by Crippen LogP contribution is 2.69. The van der Waals surface area contributed by atoms with Crippen molar-refractivity contribution in [2.24, 2.45) is 44.6 Å². The molecular weight excluding hydrogens is 392 g/mol. The van der Waals surface area contributed by atoms with Gasteiger partial charge >= 0.3 is 0 Å². The molecule has 0 aromatic heterocycles. The van der Waals surface area contributed by atoms with Crippen LogP contribution in [0.2, 0.25) is 0 Å². The van der Waals surface area contributed by atoms with Crippen molar-refractivity contribution in [3.05, 3.63) is 0 Å². The average Bonchev–Trinajstić information content (AvgIpc) is 3.26. The number of aliphatic hydroxyl groups is 2. The summed E-state index contributed by atoms with van der Waals surface area (Å²) in [6.07, 6.45) is 12.0. The number of hydrogen-bond acceptors (Lipinski definition) is 6. The Morgan fingerprint density at radius 1 is 1.16 bits per heavy atom. The first-order chi connectivity index (χ1) is 14.8. The molecule has 0 bridgehead atoms. The number of aliphatic hydroxyl groups excluding tert-OH is 1. The van der Waals surface area contributed by atoms with Gasteiger partial charge in [0.15, 0.2) is 0 Å². The van der Waals surface area contributed by atoms with E-state index in [2.05, 4.69) is 34.7 Å². The fourth-order valence-corrected chi connectivity index (χ4v) is 8.40. The van der Waals surface area contributed by atoms with Gasteiger partial charge in [-0.1, -0.05) is 13.8 Å². The largest absolute Gasteiger partial charge is 0.393 e. The quantitative estimate of drug-likeness (QED) is 0.408. The molecule has 5 rings (SSSR count). The third-order valence-corrected chi connectivity index (χ3v) is 10.3. The summed E-state index contributed by atoms with van der Waals surface area (Å²) in [7, 11) is 0. The first kappa shape index (κ1) is 21.4. The van der Waals surface area contributed by atoms with Gasteiger partial charge in [0.25, 0.3) is 0 Å². The Kier molecular flexibility index (Phi) is 5.20. The molecule has 8 atom stereocenters. The zero-order valence-corrected chi connectivity index (χ0v) is 18.9. The molecule has 0 saturated heterocycles. The number of aliphatic imine (C=N–C) groups is 1. The molecule has 5 aliphatic rings. The second-order valence-corrected chi connectivity index (χ2v) is 11.4. The first-order valence-electron chi connectivity index (χ1n) is 12.3. The molecular formula is C24H38N4O3. The normalized spacial score (nSPS) is 49.2. The Balaban J connectivity index is 1.28. The summed E-state index contributed by atoms with van der Waals surface area (Å²) in [4.78, 5) is 15.3. The van der Waals surface area contributed by atoms with Gasteiger partial charge < -0.3 is 10.2 Å². The number of nitrogens with zero attached hydrogens (tertiary/aromatic N) is 2. The molecule has 4 N–H and O–H groups in total. The maximum Gasteiger partial charge on any atom is 0.248 e. The number of hydrogen-bond donors (Lipinski definition) is 4. The number of rotatable bonds is 3. The van der Waals surface area contributed by atoms with Gasteiger partial charge in [-0.2, -0.15) is 5.10 Å². The van der Waals surface area contributed by atoms with Crippen LogP contribution in [-0.4, -0.2) is 46.5 Å². The van der Waals surface area contributed by atoms with Crippen LogP contribution in [0.1, 0.15) is 78.1 Å². The molecule has 0 aromatic carbocycles. The maximum atomic E-state index is 12.2. The number of carbonyl (C=O) groups is 1. The number of guanidine groups is 1. The summed E-state index contributed by atoms with van der Waals surface area (Å²) in [6.45, 7) is 4.94. The van der Waals surface area contributed by atoms with Crippen molar-refractivity contribution in [2.45, 2.75) is 89.8 Å². The van der Waals surface area contributed by atoms with Crippen LogP contribution in [0, 0.1) is 34.5 Å². The lowest BCUT2D eigenvalue weighted by molar-refractivity contribution is -0.209. The fourth-order valence-electron chi connectivity index (χ4n) is 8.40. The van der Waals surface area contributed by atoms with Crippen LogP contribution in [0.25, 0.3) is 0 Å². The Morgan fingerprint density at radius 2 is 2.00 bits per heavy atom. The van der Waals surface area contributed by atoms with Crippen molar-refractivity contribution in [1.82, 2.24) is 10.7 Å². The van der Waals surface area contributed by atoms with Gasteiger partial charge in [0, 0.05) is 6.21 Å². The van der Waals surface area contributed by atoms with Gasteiger partial charge in [-0.05, 0) is 98.7 Å². The standard InChI is InChI=1S/C24H38N4O3/c1-22-9-6-17(29)13-16(22)3-4-19-18(22)7-10-23(2)15(5-11-24(19,23)31)8-12-26-28-21-25-14-20(30)27-21/h12,15-19,29,31H,3-11,13-14H2,1-2H3,(H2,25,27,28,30)/b26-12+/t15-,16-,17+,18+,19-,22+,23-,24+/m1/s1. The highest BCUT2D eigenvalue weighted by Gasteiger charge is 2.66. The van der Waals surface area contributed by atoms with Crippen LogP contribution < -0.4 is 10.7 Å². The number of carbonyl (C=O) groups excluding carboxylic acids is 1. The molecule has 4 fully saturated rings.